The van der Waals surface area contributed by atoms with E-state index in [1.807, 2.05) is 0 Å². The molecule has 92 valence electrons. The van der Waals surface area contributed by atoms with Gasteiger partial charge in [-0.3, -0.25) is 0 Å². The molecule has 1 aromatic carbocycles. The molecule has 0 aliphatic rings. The molecule has 0 spiro atoms. The molecule has 0 aliphatic heterocycles. The van der Waals surface area contributed by atoms with Gasteiger partial charge in [-0.1, -0.05) is 25.1 Å². The third kappa shape index (κ3) is 2.22. The number of nitrogens with zero attached hydrogens (tertiary/aromatic N) is 1. The van der Waals surface area contributed by atoms with Gasteiger partial charge in [-0.2, -0.15) is 0 Å². The number of benzene rings is 1. The summed E-state index contributed by atoms with van der Waals surface area (Å²) in [6, 6.07) is 9.35. The Balaban J connectivity index is 2.59. The molecule has 0 unspecified atom stereocenters. The van der Waals surface area contributed by atoms with Crippen LogP contribution in [0.25, 0.3) is 10.9 Å². The molecule has 0 aliphatic carbocycles. The van der Waals surface area contributed by atoms with Crippen molar-refractivity contribution in [2.45, 2.75) is 40.3 Å². The lowest BCUT2D eigenvalue weighted by Crippen LogP contribution is -2.16. The third-order valence-corrected chi connectivity index (χ3v) is 3.21. The van der Waals surface area contributed by atoms with E-state index in [-0.39, 0.29) is 0 Å². The fourth-order valence-electron chi connectivity index (χ4n) is 2.50. The Morgan fingerprint density at radius 1 is 1.29 bits per heavy atom. The van der Waals surface area contributed by atoms with Gasteiger partial charge in [-0.15, -0.1) is 0 Å². The molecule has 0 bridgehead atoms. The lowest BCUT2D eigenvalue weighted by molar-refractivity contribution is 0.572. The summed E-state index contributed by atoms with van der Waals surface area (Å²) in [7, 11) is 0. The van der Waals surface area contributed by atoms with Gasteiger partial charge in [0.2, 0.25) is 0 Å². The van der Waals surface area contributed by atoms with E-state index in [0.717, 1.165) is 13.1 Å². The monoisotopic (exact) mass is 230 g/mol. The van der Waals surface area contributed by atoms with Crippen LogP contribution in [-0.4, -0.2) is 11.1 Å². The Labute approximate surface area is 104 Å². The highest BCUT2D eigenvalue weighted by atomic mass is 15.0. The summed E-state index contributed by atoms with van der Waals surface area (Å²) in [6.07, 6.45) is 0. The number of rotatable bonds is 4. The molecule has 2 nitrogen and oxygen atoms in total. The zero-order valence-corrected chi connectivity index (χ0v) is 11.2. The second-order valence-electron chi connectivity index (χ2n) is 4.89. The zero-order chi connectivity index (χ0) is 12.4. The molecular formula is C15H22N2. The topological polar surface area (TPSA) is 17.0 Å². The molecule has 2 aromatic rings. The average Bonchev–Trinajstić information content (AvgIpc) is 2.66. The zero-order valence-electron chi connectivity index (χ0n) is 11.2. The fourth-order valence-corrected chi connectivity index (χ4v) is 2.50. The van der Waals surface area contributed by atoms with E-state index < -0.39 is 0 Å². The van der Waals surface area contributed by atoms with E-state index >= 15 is 0 Å². The van der Waals surface area contributed by atoms with Gasteiger partial charge in [0.1, 0.15) is 0 Å². The second kappa shape index (κ2) is 4.92. The maximum Gasteiger partial charge on any atom is 0.0515 e. The molecular weight excluding hydrogens is 208 g/mol. The van der Waals surface area contributed by atoms with Crippen molar-refractivity contribution in [3.63, 3.8) is 0 Å². The quantitative estimate of drug-likeness (QED) is 0.848. The minimum absolute atomic E-state index is 0.502. The molecule has 0 fully saturated rings. The maximum absolute atomic E-state index is 3.42. The Bertz CT molecular complexity index is 509. The molecule has 17 heavy (non-hydrogen) atoms. The molecule has 1 aromatic heterocycles. The van der Waals surface area contributed by atoms with E-state index in [1.165, 1.54) is 22.2 Å². The molecule has 1 heterocycles. The number of nitrogens with one attached hydrogen (secondary N) is 1. The lowest BCUT2D eigenvalue weighted by Gasteiger charge is -2.16. The average molecular weight is 230 g/mol. The Morgan fingerprint density at radius 2 is 2.06 bits per heavy atom. The summed E-state index contributed by atoms with van der Waals surface area (Å²) in [5.74, 6) is 0. The summed E-state index contributed by atoms with van der Waals surface area (Å²) in [5.41, 5.74) is 4.13. The molecule has 0 amide bonds. The Morgan fingerprint density at radius 3 is 2.71 bits per heavy atom. The molecule has 0 radical (unpaired) electrons. The van der Waals surface area contributed by atoms with Gasteiger partial charge in [-0.05, 0) is 38.9 Å². The third-order valence-electron chi connectivity index (χ3n) is 3.21. The Kier molecular flexibility index (Phi) is 3.53. The number of hydrogen-bond donors (Lipinski definition) is 1. The normalized spacial score (nSPS) is 11.6. The molecule has 1 N–H and O–H groups in total. The van der Waals surface area contributed by atoms with E-state index in [1.54, 1.807) is 0 Å². The first-order valence-electron chi connectivity index (χ1n) is 6.45. The number of aryl methyl sites for hydroxylation is 1. The smallest absolute Gasteiger partial charge is 0.0515 e. The molecule has 2 heteroatoms. The first kappa shape index (κ1) is 12.2. The van der Waals surface area contributed by atoms with Crippen molar-refractivity contribution < 1.29 is 0 Å². The van der Waals surface area contributed by atoms with Crippen LogP contribution in [0.3, 0.4) is 0 Å². The van der Waals surface area contributed by atoms with Crippen LogP contribution in [0.5, 0.6) is 0 Å². The van der Waals surface area contributed by atoms with Crippen LogP contribution >= 0.6 is 0 Å². The SMILES string of the molecule is CCNCc1cc2cccc(C)c2n1C(C)C. The molecule has 0 atom stereocenters. The fraction of sp³-hybridized carbons (Fsp3) is 0.467. The summed E-state index contributed by atoms with van der Waals surface area (Å²) < 4.78 is 2.45. The predicted molar refractivity (Wildman–Crippen MR) is 74.4 cm³/mol. The van der Waals surface area contributed by atoms with Crippen LogP contribution in [0.2, 0.25) is 0 Å². The van der Waals surface area contributed by atoms with Crippen molar-refractivity contribution >= 4 is 10.9 Å². The van der Waals surface area contributed by atoms with Gasteiger partial charge in [0.15, 0.2) is 0 Å². The summed E-state index contributed by atoms with van der Waals surface area (Å²) >= 11 is 0. The highest BCUT2D eigenvalue weighted by molar-refractivity contribution is 5.84. The molecule has 0 saturated heterocycles. The molecule has 0 saturated carbocycles. The van der Waals surface area contributed by atoms with Crippen molar-refractivity contribution in [3.05, 3.63) is 35.5 Å². The van der Waals surface area contributed by atoms with Gasteiger partial charge < -0.3 is 9.88 Å². The van der Waals surface area contributed by atoms with Crippen molar-refractivity contribution in [1.82, 2.24) is 9.88 Å². The van der Waals surface area contributed by atoms with Crippen molar-refractivity contribution in [2.24, 2.45) is 0 Å². The summed E-state index contributed by atoms with van der Waals surface area (Å²) in [6.45, 7) is 10.8. The second-order valence-corrected chi connectivity index (χ2v) is 4.89. The minimum Gasteiger partial charge on any atom is -0.341 e. The standard InChI is InChI=1S/C15H22N2/c1-5-16-10-14-9-13-8-6-7-12(4)15(13)17(14)11(2)3/h6-9,11,16H,5,10H2,1-4H3. The van der Waals surface area contributed by atoms with E-state index in [9.17, 15) is 0 Å². The van der Waals surface area contributed by atoms with Crippen LogP contribution in [0, 0.1) is 6.92 Å². The van der Waals surface area contributed by atoms with E-state index in [0.29, 0.717) is 6.04 Å². The highest BCUT2D eigenvalue weighted by Gasteiger charge is 2.12. The van der Waals surface area contributed by atoms with E-state index in [2.05, 4.69) is 61.8 Å². The van der Waals surface area contributed by atoms with Gasteiger partial charge in [0.25, 0.3) is 0 Å². The van der Waals surface area contributed by atoms with Crippen LogP contribution in [0.15, 0.2) is 24.3 Å². The first-order valence-corrected chi connectivity index (χ1v) is 6.45. The van der Waals surface area contributed by atoms with Gasteiger partial charge in [-0.25, -0.2) is 0 Å². The van der Waals surface area contributed by atoms with Crippen molar-refractivity contribution in [2.75, 3.05) is 6.54 Å². The molecule has 2 rings (SSSR count). The van der Waals surface area contributed by atoms with Crippen LogP contribution in [-0.2, 0) is 6.54 Å². The Hall–Kier alpha value is -1.28. The number of para-hydroxylation sites is 1. The van der Waals surface area contributed by atoms with Crippen LogP contribution in [0.1, 0.15) is 38.1 Å². The van der Waals surface area contributed by atoms with Crippen molar-refractivity contribution in [3.8, 4) is 0 Å². The largest absolute Gasteiger partial charge is 0.341 e. The van der Waals surface area contributed by atoms with Gasteiger partial charge >= 0.3 is 0 Å². The number of fused-ring (bicyclic) bond motifs is 1. The number of aromatic nitrogens is 1. The summed E-state index contributed by atoms with van der Waals surface area (Å²) in [5, 5.41) is 4.77. The minimum atomic E-state index is 0.502. The lowest BCUT2D eigenvalue weighted by atomic mass is 10.1. The van der Waals surface area contributed by atoms with Crippen LogP contribution in [0.4, 0.5) is 0 Å². The maximum atomic E-state index is 3.42. The highest BCUT2D eigenvalue weighted by Crippen LogP contribution is 2.26. The van der Waals surface area contributed by atoms with Gasteiger partial charge in [0.05, 0.1) is 5.52 Å². The summed E-state index contributed by atoms with van der Waals surface area (Å²) in [4.78, 5) is 0. The van der Waals surface area contributed by atoms with Gasteiger partial charge in [0, 0.05) is 23.7 Å². The number of hydrogen-bond acceptors (Lipinski definition) is 1. The van der Waals surface area contributed by atoms with Crippen molar-refractivity contribution in [1.29, 1.82) is 0 Å². The van der Waals surface area contributed by atoms with E-state index in [4.69, 9.17) is 0 Å². The van der Waals surface area contributed by atoms with Crippen LogP contribution < -0.4 is 5.32 Å². The first-order chi connectivity index (χ1) is 8.15. The predicted octanol–water partition coefficient (Wildman–Crippen LogP) is 3.64.